The molecule has 4 nitrogen and oxygen atoms in total. The summed E-state index contributed by atoms with van der Waals surface area (Å²) >= 11 is 0. The second-order valence-corrected chi connectivity index (χ2v) is 8.14. The van der Waals surface area contributed by atoms with E-state index in [1.54, 1.807) is 6.92 Å². The molecule has 0 saturated carbocycles. The van der Waals surface area contributed by atoms with Crippen molar-refractivity contribution in [1.29, 1.82) is 0 Å². The Labute approximate surface area is 118 Å². The quantitative estimate of drug-likeness (QED) is 0.775. The molecule has 0 aromatic carbocycles. The zero-order valence-electron chi connectivity index (χ0n) is 12.7. The van der Waals surface area contributed by atoms with Crippen molar-refractivity contribution in [3.63, 3.8) is 0 Å². The molecule has 0 amide bonds. The molecule has 114 valence electrons. The number of nitrogens with one attached hydrogen (secondary N) is 1. The van der Waals surface area contributed by atoms with E-state index in [0.29, 0.717) is 17.8 Å². The lowest BCUT2D eigenvalue weighted by atomic mass is 10.1. The Morgan fingerprint density at radius 1 is 1.32 bits per heavy atom. The van der Waals surface area contributed by atoms with Gasteiger partial charge in [0.1, 0.15) is 9.84 Å². The lowest BCUT2D eigenvalue weighted by Gasteiger charge is -2.29. The molecule has 1 N–H and O–H groups in total. The Morgan fingerprint density at radius 3 is 2.68 bits per heavy atom. The van der Waals surface area contributed by atoms with Crippen molar-refractivity contribution in [2.24, 2.45) is 0 Å². The van der Waals surface area contributed by atoms with E-state index in [9.17, 15) is 8.42 Å². The average molecular weight is 290 g/mol. The van der Waals surface area contributed by atoms with Gasteiger partial charge in [0.25, 0.3) is 0 Å². The molecule has 1 rings (SSSR count). The number of hydrogen-bond acceptors (Lipinski definition) is 4. The van der Waals surface area contributed by atoms with Crippen molar-refractivity contribution in [3.05, 3.63) is 0 Å². The summed E-state index contributed by atoms with van der Waals surface area (Å²) in [6.07, 6.45) is 4.32. The molecule has 1 fully saturated rings. The van der Waals surface area contributed by atoms with E-state index in [1.807, 2.05) is 0 Å². The molecule has 1 heterocycles. The lowest BCUT2D eigenvalue weighted by molar-refractivity contribution is 0.202. The maximum absolute atomic E-state index is 11.5. The minimum atomic E-state index is -2.81. The molecule has 1 aliphatic rings. The van der Waals surface area contributed by atoms with E-state index < -0.39 is 9.84 Å². The maximum atomic E-state index is 11.5. The molecular formula is C14H30N2O2S. The standard InChI is InChI=1S/C14H30N2O2S/c1-4-7-14-12-16(13(3)8-9-15-14)10-6-11-19(17,18)5-2/h13-15H,4-12H2,1-3H3. The molecule has 1 saturated heterocycles. The summed E-state index contributed by atoms with van der Waals surface area (Å²) in [5.41, 5.74) is 0. The maximum Gasteiger partial charge on any atom is 0.150 e. The minimum Gasteiger partial charge on any atom is -0.313 e. The number of hydrogen-bond donors (Lipinski definition) is 1. The molecule has 19 heavy (non-hydrogen) atoms. The summed E-state index contributed by atoms with van der Waals surface area (Å²) in [6.45, 7) is 9.24. The highest BCUT2D eigenvalue weighted by Crippen LogP contribution is 2.12. The van der Waals surface area contributed by atoms with Crippen LogP contribution < -0.4 is 5.32 Å². The fraction of sp³-hybridized carbons (Fsp3) is 1.00. The van der Waals surface area contributed by atoms with Gasteiger partial charge in [-0.3, -0.25) is 4.90 Å². The van der Waals surface area contributed by atoms with Gasteiger partial charge < -0.3 is 5.32 Å². The molecule has 0 aliphatic carbocycles. The van der Waals surface area contributed by atoms with Gasteiger partial charge in [-0.25, -0.2) is 8.42 Å². The molecule has 5 heteroatoms. The van der Waals surface area contributed by atoms with Crippen LogP contribution >= 0.6 is 0 Å². The smallest absolute Gasteiger partial charge is 0.150 e. The monoisotopic (exact) mass is 290 g/mol. The Kier molecular flexibility index (Phi) is 7.32. The fourth-order valence-corrected chi connectivity index (χ4v) is 3.55. The van der Waals surface area contributed by atoms with Gasteiger partial charge in [0.2, 0.25) is 0 Å². The van der Waals surface area contributed by atoms with Crippen LogP contribution in [0.5, 0.6) is 0 Å². The van der Waals surface area contributed by atoms with Crippen LogP contribution in [0.4, 0.5) is 0 Å². The van der Waals surface area contributed by atoms with Crippen molar-refractivity contribution in [1.82, 2.24) is 10.2 Å². The molecule has 2 atom stereocenters. The minimum absolute atomic E-state index is 0.266. The van der Waals surface area contributed by atoms with Crippen molar-refractivity contribution < 1.29 is 8.42 Å². The van der Waals surface area contributed by atoms with E-state index in [2.05, 4.69) is 24.1 Å². The Balaban J connectivity index is 2.44. The van der Waals surface area contributed by atoms with Gasteiger partial charge in [-0.2, -0.15) is 0 Å². The molecule has 0 aromatic heterocycles. The van der Waals surface area contributed by atoms with Crippen LogP contribution in [0.1, 0.15) is 46.5 Å². The van der Waals surface area contributed by atoms with Crippen molar-refractivity contribution >= 4 is 9.84 Å². The van der Waals surface area contributed by atoms with E-state index >= 15 is 0 Å². The predicted octanol–water partition coefficient (Wildman–Crippen LogP) is 1.66. The first-order chi connectivity index (χ1) is 8.98. The van der Waals surface area contributed by atoms with Gasteiger partial charge in [0.05, 0.1) is 5.75 Å². The van der Waals surface area contributed by atoms with Crippen LogP contribution in [0.3, 0.4) is 0 Å². The normalized spacial score (nSPS) is 26.3. The van der Waals surface area contributed by atoms with E-state index in [1.165, 1.54) is 12.8 Å². The third-order valence-electron chi connectivity index (χ3n) is 4.05. The number of nitrogens with zero attached hydrogens (tertiary/aromatic N) is 1. The van der Waals surface area contributed by atoms with E-state index in [-0.39, 0.29) is 5.75 Å². The second kappa shape index (κ2) is 8.22. The van der Waals surface area contributed by atoms with Crippen LogP contribution in [0, 0.1) is 0 Å². The SMILES string of the molecule is CCCC1CN(CCCS(=O)(=O)CC)C(C)CCN1. The van der Waals surface area contributed by atoms with Gasteiger partial charge in [-0.15, -0.1) is 0 Å². The van der Waals surface area contributed by atoms with Crippen LogP contribution in [0.15, 0.2) is 0 Å². The second-order valence-electron chi connectivity index (χ2n) is 5.66. The van der Waals surface area contributed by atoms with Crippen molar-refractivity contribution in [3.8, 4) is 0 Å². The first kappa shape index (κ1) is 16.9. The van der Waals surface area contributed by atoms with Crippen molar-refractivity contribution in [2.45, 2.75) is 58.5 Å². The highest BCUT2D eigenvalue weighted by Gasteiger charge is 2.22. The van der Waals surface area contributed by atoms with E-state index in [0.717, 1.165) is 32.5 Å². The Hall–Kier alpha value is -0.130. The highest BCUT2D eigenvalue weighted by molar-refractivity contribution is 7.91. The molecule has 0 spiro atoms. The number of rotatable bonds is 7. The molecule has 0 aromatic rings. The van der Waals surface area contributed by atoms with Crippen LogP contribution in [-0.2, 0) is 9.84 Å². The molecule has 0 radical (unpaired) electrons. The van der Waals surface area contributed by atoms with Crippen LogP contribution in [0.25, 0.3) is 0 Å². The summed E-state index contributed by atoms with van der Waals surface area (Å²) in [4.78, 5) is 2.46. The fourth-order valence-electron chi connectivity index (χ4n) is 2.69. The third-order valence-corrected chi connectivity index (χ3v) is 5.84. The topological polar surface area (TPSA) is 49.4 Å². The lowest BCUT2D eigenvalue weighted by Crippen LogP contribution is -2.40. The molecule has 1 aliphatic heterocycles. The molecule has 2 unspecified atom stereocenters. The van der Waals surface area contributed by atoms with Gasteiger partial charge in [0.15, 0.2) is 0 Å². The third kappa shape index (κ3) is 6.23. The van der Waals surface area contributed by atoms with Gasteiger partial charge >= 0.3 is 0 Å². The molecular weight excluding hydrogens is 260 g/mol. The highest BCUT2D eigenvalue weighted by atomic mass is 32.2. The average Bonchev–Trinajstić information content (AvgIpc) is 2.53. The largest absolute Gasteiger partial charge is 0.313 e. The van der Waals surface area contributed by atoms with Gasteiger partial charge in [-0.1, -0.05) is 20.3 Å². The zero-order chi connectivity index (χ0) is 14.3. The summed E-state index contributed by atoms with van der Waals surface area (Å²) in [6, 6.07) is 1.12. The Bertz CT molecular complexity index is 343. The van der Waals surface area contributed by atoms with Crippen LogP contribution in [-0.4, -0.2) is 56.5 Å². The van der Waals surface area contributed by atoms with E-state index in [4.69, 9.17) is 0 Å². The summed E-state index contributed by atoms with van der Waals surface area (Å²) in [5.74, 6) is 0.598. The first-order valence-corrected chi connectivity index (χ1v) is 9.48. The Morgan fingerprint density at radius 2 is 2.05 bits per heavy atom. The predicted molar refractivity (Wildman–Crippen MR) is 81.3 cm³/mol. The number of sulfone groups is 1. The summed E-state index contributed by atoms with van der Waals surface area (Å²) in [5, 5.41) is 3.60. The first-order valence-electron chi connectivity index (χ1n) is 7.66. The summed E-state index contributed by atoms with van der Waals surface area (Å²) in [7, 11) is -2.81. The summed E-state index contributed by atoms with van der Waals surface area (Å²) < 4.78 is 23.1. The molecule has 0 bridgehead atoms. The van der Waals surface area contributed by atoms with Gasteiger partial charge in [-0.05, 0) is 39.3 Å². The zero-order valence-corrected chi connectivity index (χ0v) is 13.5. The van der Waals surface area contributed by atoms with Gasteiger partial charge in [0, 0.05) is 24.4 Å². The van der Waals surface area contributed by atoms with Crippen molar-refractivity contribution in [2.75, 3.05) is 31.1 Å². The van der Waals surface area contributed by atoms with Crippen LogP contribution in [0.2, 0.25) is 0 Å².